The quantitative estimate of drug-likeness (QED) is 0.559. The fourth-order valence-electron chi connectivity index (χ4n) is 3.92. The lowest BCUT2D eigenvalue weighted by Crippen LogP contribution is -2.32. The number of nitrogens with zero attached hydrogens (tertiary/aromatic N) is 1. The van der Waals surface area contributed by atoms with Gasteiger partial charge in [0.1, 0.15) is 5.75 Å². The lowest BCUT2D eigenvalue weighted by molar-refractivity contribution is 0.0737. The molecule has 0 aliphatic carbocycles. The Morgan fingerprint density at radius 1 is 0.966 bits per heavy atom. The fraction of sp³-hybridized carbons (Fsp3) is 0.269. The Kier molecular flexibility index (Phi) is 5.95. The van der Waals surface area contributed by atoms with Crippen LogP contribution in [0.3, 0.4) is 0 Å². The van der Waals surface area contributed by atoms with Crippen molar-refractivity contribution in [1.29, 1.82) is 0 Å². The van der Waals surface area contributed by atoms with Crippen molar-refractivity contribution in [3.63, 3.8) is 0 Å². The molecule has 0 unspecified atom stereocenters. The molecule has 0 N–H and O–H groups in total. The molecule has 4 rings (SSSR count). The van der Waals surface area contributed by atoms with Crippen molar-refractivity contribution >= 4 is 5.91 Å². The van der Waals surface area contributed by atoms with E-state index in [4.69, 9.17) is 4.74 Å². The number of carbonyl (C=O) groups excluding carboxylic acids is 1. The monoisotopic (exact) mass is 385 g/mol. The average Bonchev–Trinajstić information content (AvgIpc) is 3.24. The maximum absolute atomic E-state index is 13.5. The molecule has 0 saturated carbocycles. The van der Waals surface area contributed by atoms with Crippen LogP contribution in [0.15, 0.2) is 72.8 Å². The van der Waals surface area contributed by atoms with Crippen LogP contribution in [0.4, 0.5) is 0 Å². The zero-order valence-corrected chi connectivity index (χ0v) is 16.9. The molecular formula is C26H27NO2. The third-order valence-electron chi connectivity index (χ3n) is 5.59. The summed E-state index contributed by atoms with van der Waals surface area (Å²) in [5, 5.41) is 0. The minimum Gasteiger partial charge on any atom is -0.492 e. The molecule has 0 saturated heterocycles. The maximum atomic E-state index is 13.5. The molecular weight excluding hydrogens is 358 g/mol. The number of hydrogen-bond acceptors (Lipinski definition) is 2. The van der Waals surface area contributed by atoms with Crippen LogP contribution in [-0.4, -0.2) is 24.0 Å². The van der Waals surface area contributed by atoms with Crippen LogP contribution in [0.25, 0.3) is 0 Å². The van der Waals surface area contributed by atoms with Crippen LogP contribution < -0.4 is 4.74 Å². The molecule has 0 bridgehead atoms. The Morgan fingerprint density at radius 3 is 2.59 bits per heavy atom. The predicted molar refractivity (Wildman–Crippen MR) is 116 cm³/mol. The van der Waals surface area contributed by atoms with Gasteiger partial charge in [-0.1, -0.05) is 66.7 Å². The molecule has 0 spiro atoms. The zero-order valence-electron chi connectivity index (χ0n) is 16.9. The number of para-hydroxylation sites is 1. The van der Waals surface area contributed by atoms with Gasteiger partial charge in [-0.05, 0) is 48.1 Å². The highest BCUT2D eigenvalue weighted by Gasteiger charge is 2.24. The van der Waals surface area contributed by atoms with E-state index in [9.17, 15) is 4.79 Å². The topological polar surface area (TPSA) is 29.5 Å². The van der Waals surface area contributed by atoms with E-state index in [-0.39, 0.29) is 5.91 Å². The lowest BCUT2D eigenvalue weighted by atomic mass is 10.0. The van der Waals surface area contributed by atoms with Crippen LogP contribution in [-0.2, 0) is 19.4 Å². The van der Waals surface area contributed by atoms with Gasteiger partial charge in [0.05, 0.1) is 12.2 Å². The molecule has 0 radical (unpaired) electrons. The van der Waals surface area contributed by atoms with Gasteiger partial charge < -0.3 is 9.64 Å². The molecule has 1 aliphatic rings. The minimum atomic E-state index is 0.0556. The molecule has 3 aromatic carbocycles. The Bertz CT molecular complexity index is 981. The molecule has 3 nitrogen and oxygen atoms in total. The van der Waals surface area contributed by atoms with Crippen LogP contribution in [0.2, 0.25) is 0 Å². The number of hydrogen-bond donors (Lipinski definition) is 0. The third kappa shape index (κ3) is 4.51. The van der Waals surface area contributed by atoms with E-state index in [0.29, 0.717) is 25.3 Å². The second-order valence-electron chi connectivity index (χ2n) is 7.63. The Balaban J connectivity index is 1.55. The summed E-state index contributed by atoms with van der Waals surface area (Å²) in [6.07, 6.45) is 2.77. The molecule has 29 heavy (non-hydrogen) atoms. The Hall–Kier alpha value is -3.07. The molecule has 148 valence electrons. The van der Waals surface area contributed by atoms with E-state index in [1.54, 1.807) is 0 Å². The maximum Gasteiger partial charge on any atom is 0.257 e. The Labute approximate surface area is 172 Å². The molecule has 3 aromatic rings. The van der Waals surface area contributed by atoms with Gasteiger partial charge in [0.2, 0.25) is 0 Å². The number of amides is 1. The van der Waals surface area contributed by atoms with E-state index in [0.717, 1.165) is 30.6 Å². The SMILES string of the molecule is Cc1ccccc1CN(CCCc1ccccc1)C(=O)c1cccc2c1OCC2. The van der Waals surface area contributed by atoms with Crippen molar-refractivity contribution in [2.45, 2.75) is 32.7 Å². The first-order chi connectivity index (χ1) is 14.2. The molecule has 3 heteroatoms. The van der Waals surface area contributed by atoms with Crippen LogP contribution in [0, 0.1) is 6.92 Å². The zero-order chi connectivity index (χ0) is 20.1. The van der Waals surface area contributed by atoms with Crippen molar-refractivity contribution in [2.75, 3.05) is 13.2 Å². The van der Waals surface area contributed by atoms with Gasteiger partial charge in [0, 0.05) is 19.5 Å². The standard InChI is InChI=1S/C26H27NO2/c1-20-9-5-6-13-23(20)19-27(17-8-12-21-10-3-2-4-11-21)26(28)24-15-7-14-22-16-18-29-25(22)24/h2-7,9-11,13-15H,8,12,16-19H2,1H3. The largest absolute Gasteiger partial charge is 0.492 e. The van der Waals surface area contributed by atoms with Gasteiger partial charge in [-0.2, -0.15) is 0 Å². The highest BCUT2D eigenvalue weighted by molar-refractivity contribution is 5.97. The first-order valence-corrected chi connectivity index (χ1v) is 10.3. The van der Waals surface area contributed by atoms with Crippen molar-refractivity contribution < 1.29 is 9.53 Å². The third-order valence-corrected chi connectivity index (χ3v) is 5.59. The summed E-state index contributed by atoms with van der Waals surface area (Å²) in [6.45, 7) is 4.09. The molecule has 0 aromatic heterocycles. The van der Waals surface area contributed by atoms with Crippen molar-refractivity contribution in [1.82, 2.24) is 4.90 Å². The first-order valence-electron chi connectivity index (χ1n) is 10.3. The summed E-state index contributed by atoms with van der Waals surface area (Å²) < 4.78 is 5.80. The highest BCUT2D eigenvalue weighted by atomic mass is 16.5. The number of fused-ring (bicyclic) bond motifs is 1. The Morgan fingerprint density at radius 2 is 1.76 bits per heavy atom. The minimum absolute atomic E-state index is 0.0556. The van der Waals surface area contributed by atoms with Crippen molar-refractivity contribution in [3.05, 3.63) is 101 Å². The van der Waals surface area contributed by atoms with Gasteiger partial charge in [-0.25, -0.2) is 0 Å². The second-order valence-corrected chi connectivity index (χ2v) is 7.63. The average molecular weight is 386 g/mol. The summed E-state index contributed by atoms with van der Waals surface area (Å²) in [5.74, 6) is 0.829. The normalized spacial score (nSPS) is 12.3. The van der Waals surface area contributed by atoms with Crippen LogP contribution in [0.5, 0.6) is 5.75 Å². The summed E-state index contributed by atoms with van der Waals surface area (Å²) in [4.78, 5) is 15.5. The summed E-state index contributed by atoms with van der Waals surface area (Å²) in [6, 6.07) is 24.7. The van der Waals surface area contributed by atoms with E-state index in [2.05, 4.69) is 49.4 Å². The smallest absolute Gasteiger partial charge is 0.257 e. The lowest BCUT2D eigenvalue weighted by Gasteiger charge is -2.25. The first kappa shape index (κ1) is 19.3. The number of benzene rings is 3. The van der Waals surface area contributed by atoms with E-state index >= 15 is 0 Å². The van der Waals surface area contributed by atoms with Gasteiger partial charge in [-0.3, -0.25) is 4.79 Å². The fourth-order valence-corrected chi connectivity index (χ4v) is 3.92. The summed E-state index contributed by atoms with van der Waals surface area (Å²) >= 11 is 0. The predicted octanol–water partition coefficient (Wildman–Crippen LogP) is 5.21. The molecule has 0 atom stereocenters. The summed E-state index contributed by atoms with van der Waals surface area (Å²) in [5.41, 5.74) is 5.53. The van der Waals surface area contributed by atoms with E-state index in [1.165, 1.54) is 16.7 Å². The van der Waals surface area contributed by atoms with Crippen LogP contribution in [0.1, 0.15) is 39.0 Å². The van der Waals surface area contributed by atoms with E-state index < -0.39 is 0 Å². The van der Waals surface area contributed by atoms with Gasteiger partial charge in [-0.15, -0.1) is 0 Å². The highest BCUT2D eigenvalue weighted by Crippen LogP contribution is 2.30. The van der Waals surface area contributed by atoms with Crippen molar-refractivity contribution in [3.8, 4) is 5.75 Å². The number of rotatable bonds is 7. The molecule has 1 amide bonds. The molecule has 1 heterocycles. The van der Waals surface area contributed by atoms with E-state index in [1.807, 2.05) is 35.2 Å². The van der Waals surface area contributed by atoms with Gasteiger partial charge in [0.15, 0.2) is 0 Å². The number of ether oxygens (including phenoxy) is 1. The molecule has 1 aliphatic heterocycles. The van der Waals surface area contributed by atoms with Crippen LogP contribution >= 0.6 is 0 Å². The van der Waals surface area contributed by atoms with Gasteiger partial charge in [0.25, 0.3) is 5.91 Å². The molecule has 0 fully saturated rings. The number of aryl methyl sites for hydroxylation is 2. The van der Waals surface area contributed by atoms with Crippen molar-refractivity contribution in [2.24, 2.45) is 0 Å². The summed E-state index contributed by atoms with van der Waals surface area (Å²) in [7, 11) is 0. The second kappa shape index (κ2) is 8.95. The van der Waals surface area contributed by atoms with Gasteiger partial charge >= 0.3 is 0 Å². The number of carbonyl (C=O) groups is 1.